The molecule has 6 nitrogen and oxygen atoms in total. The van der Waals surface area contributed by atoms with Crippen LogP contribution in [0.15, 0.2) is 33.8 Å². The van der Waals surface area contributed by atoms with Crippen molar-refractivity contribution in [3.63, 3.8) is 0 Å². The molecule has 26 heavy (non-hydrogen) atoms. The van der Waals surface area contributed by atoms with E-state index in [1.807, 2.05) is 23.9 Å². The molecule has 1 aromatic heterocycles. The Balaban J connectivity index is 0.00000338. The molecule has 0 aliphatic heterocycles. The zero-order valence-electron chi connectivity index (χ0n) is 15.4. The van der Waals surface area contributed by atoms with Gasteiger partial charge in [0.05, 0.1) is 0 Å². The molecule has 0 aliphatic rings. The van der Waals surface area contributed by atoms with Crippen LogP contribution in [-0.2, 0) is 6.42 Å². The van der Waals surface area contributed by atoms with Crippen LogP contribution in [-0.4, -0.2) is 47.2 Å². The third kappa shape index (κ3) is 7.32. The number of hydrogen-bond acceptors (Lipinski definition) is 5. The molecule has 0 unspecified atom stereocenters. The Bertz CT molecular complexity index is 705. The molecule has 144 valence electrons. The fourth-order valence-corrected chi connectivity index (χ4v) is 2.29. The zero-order valence-corrected chi connectivity index (χ0v) is 19.3. The maximum absolute atomic E-state index is 5.89. The first-order valence-electron chi connectivity index (χ1n) is 8.02. The largest absolute Gasteiger partial charge is 0.356 e. The zero-order chi connectivity index (χ0) is 18.3. The van der Waals surface area contributed by atoms with Crippen molar-refractivity contribution in [2.24, 2.45) is 4.99 Å². The van der Waals surface area contributed by atoms with E-state index in [1.165, 1.54) is 0 Å². The topological polar surface area (TPSA) is 75.3 Å². The first-order chi connectivity index (χ1) is 11.9. The van der Waals surface area contributed by atoms with Gasteiger partial charge < -0.3 is 15.2 Å². The predicted molar refractivity (Wildman–Crippen MR) is 121 cm³/mol. The van der Waals surface area contributed by atoms with Crippen molar-refractivity contribution in [3.8, 4) is 11.4 Å². The maximum atomic E-state index is 5.89. The van der Waals surface area contributed by atoms with Crippen LogP contribution < -0.4 is 10.6 Å². The van der Waals surface area contributed by atoms with E-state index in [4.69, 9.17) is 16.1 Å². The van der Waals surface area contributed by atoms with Gasteiger partial charge >= 0.3 is 0 Å². The van der Waals surface area contributed by atoms with Crippen molar-refractivity contribution in [1.29, 1.82) is 0 Å². The van der Waals surface area contributed by atoms with Crippen LogP contribution in [0.25, 0.3) is 11.4 Å². The minimum atomic E-state index is 0. The van der Waals surface area contributed by atoms with E-state index in [0.29, 0.717) is 29.7 Å². The Morgan fingerprint density at radius 1 is 1.27 bits per heavy atom. The number of nitrogens with zero attached hydrogens (tertiary/aromatic N) is 3. The monoisotopic (exact) mass is 509 g/mol. The molecule has 0 spiro atoms. The lowest BCUT2D eigenvalue weighted by molar-refractivity contribution is 0.378. The van der Waals surface area contributed by atoms with Gasteiger partial charge in [0.25, 0.3) is 0 Å². The molecular formula is C17H25ClIN5OS. The number of aromatic nitrogens is 2. The lowest BCUT2D eigenvalue weighted by Crippen LogP contribution is -2.43. The van der Waals surface area contributed by atoms with Crippen LogP contribution >= 0.6 is 47.3 Å². The van der Waals surface area contributed by atoms with Crippen molar-refractivity contribution in [3.05, 3.63) is 35.2 Å². The summed E-state index contributed by atoms with van der Waals surface area (Å²) in [6.45, 7) is 5.86. The summed E-state index contributed by atoms with van der Waals surface area (Å²) in [7, 11) is 1.76. The van der Waals surface area contributed by atoms with Gasteiger partial charge in [-0.15, -0.1) is 24.0 Å². The highest BCUT2D eigenvalue weighted by atomic mass is 127. The average molecular weight is 510 g/mol. The third-order valence-corrected chi connectivity index (χ3v) is 5.16. The van der Waals surface area contributed by atoms with Crippen LogP contribution in [0, 0.1) is 0 Å². The number of aliphatic imine (C=N–C) groups is 1. The summed E-state index contributed by atoms with van der Waals surface area (Å²) in [6, 6.07) is 7.35. The van der Waals surface area contributed by atoms with E-state index >= 15 is 0 Å². The highest BCUT2D eigenvalue weighted by molar-refractivity contribution is 14.0. The Hall–Kier alpha value is -1.000. The Morgan fingerprint density at radius 2 is 1.96 bits per heavy atom. The van der Waals surface area contributed by atoms with Crippen LogP contribution in [0.2, 0.25) is 5.02 Å². The molecular weight excluding hydrogens is 485 g/mol. The summed E-state index contributed by atoms with van der Waals surface area (Å²) in [5.41, 5.74) is 0.879. The molecule has 2 rings (SSSR count). The molecule has 1 heterocycles. The molecule has 0 aliphatic carbocycles. The highest BCUT2D eigenvalue weighted by Gasteiger charge is 2.16. The molecule has 9 heteroatoms. The van der Waals surface area contributed by atoms with Gasteiger partial charge in [-0.1, -0.05) is 16.8 Å². The summed E-state index contributed by atoms with van der Waals surface area (Å²) >= 11 is 7.70. The van der Waals surface area contributed by atoms with Gasteiger partial charge in [0.2, 0.25) is 11.7 Å². The number of hydrogen-bond donors (Lipinski definition) is 2. The summed E-state index contributed by atoms with van der Waals surface area (Å²) in [6.07, 6.45) is 2.72. The van der Waals surface area contributed by atoms with Crippen molar-refractivity contribution in [2.75, 3.05) is 26.4 Å². The van der Waals surface area contributed by atoms with Crippen LogP contribution in [0.1, 0.15) is 19.7 Å². The van der Waals surface area contributed by atoms with E-state index in [2.05, 4.69) is 45.9 Å². The van der Waals surface area contributed by atoms with Crippen molar-refractivity contribution in [1.82, 2.24) is 20.8 Å². The molecule has 0 bridgehead atoms. The number of nitrogens with one attached hydrogen (secondary N) is 2. The smallest absolute Gasteiger partial charge is 0.228 e. The first kappa shape index (κ1) is 23.0. The second-order valence-electron chi connectivity index (χ2n) is 6.08. The molecule has 0 radical (unpaired) electrons. The molecule has 0 amide bonds. The summed E-state index contributed by atoms with van der Waals surface area (Å²) in [4.78, 5) is 8.63. The van der Waals surface area contributed by atoms with E-state index in [0.717, 1.165) is 18.1 Å². The summed E-state index contributed by atoms with van der Waals surface area (Å²) in [5, 5.41) is 11.3. The molecule has 2 N–H and O–H groups in total. The second kappa shape index (κ2) is 11.0. The van der Waals surface area contributed by atoms with Crippen LogP contribution in [0.5, 0.6) is 0 Å². The third-order valence-electron chi connectivity index (χ3n) is 3.66. The second-order valence-corrected chi connectivity index (χ2v) is 8.03. The molecule has 1 aromatic carbocycles. The summed E-state index contributed by atoms with van der Waals surface area (Å²) < 4.78 is 5.45. The van der Waals surface area contributed by atoms with Gasteiger partial charge in [-0.2, -0.15) is 16.7 Å². The fraction of sp³-hybridized carbons (Fsp3) is 0.471. The lowest BCUT2D eigenvalue weighted by Gasteiger charge is -2.23. The molecule has 0 saturated heterocycles. The number of halogens is 2. The number of thioether (sulfide) groups is 1. The van der Waals surface area contributed by atoms with E-state index < -0.39 is 0 Å². The highest BCUT2D eigenvalue weighted by Crippen LogP contribution is 2.19. The quantitative estimate of drug-likeness (QED) is 0.335. The standard InChI is InChI=1S/C17H24ClN5OS.HI/c1-17(2,25-4)11-21-16(19-3)20-10-9-14-22-15(23-24-14)12-5-7-13(18)8-6-12;/h5-8H,9-11H2,1-4H3,(H2,19,20,21);1H. The predicted octanol–water partition coefficient (Wildman–Crippen LogP) is 3.86. The minimum absolute atomic E-state index is 0. The van der Waals surface area contributed by atoms with Gasteiger partial charge in [0.1, 0.15) is 0 Å². The van der Waals surface area contributed by atoms with Gasteiger partial charge in [-0.25, -0.2) is 0 Å². The molecule has 2 aromatic rings. The van der Waals surface area contributed by atoms with Crippen molar-refractivity contribution < 1.29 is 4.52 Å². The van der Waals surface area contributed by atoms with Crippen molar-refractivity contribution in [2.45, 2.75) is 25.0 Å². The van der Waals surface area contributed by atoms with Crippen LogP contribution in [0.3, 0.4) is 0 Å². The van der Waals surface area contributed by atoms with Crippen molar-refractivity contribution >= 4 is 53.3 Å². The average Bonchev–Trinajstić information content (AvgIpc) is 3.07. The van der Waals surface area contributed by atoms with E-state index in [-0.39, 0.29) is 28.7 Å². The van der Waals surface area contributed by atoms with Gasteiger partial charge in [0, 0.05) is 41.9 Å². The molecule has 0 atom stereocenters. The number of rotatable bonds is 7. The van der Waals surface area contributed by atoms with Gasteiger partial charge in [-0.05, 0) is 44.4 Å². The minimum Gasteiger partial charge on any atom is -0.356 e. The summed E-state index contributed by atoms with van der Waals surface area (Å²) in [5.74, 6) is 1.91. The van der Waals surface area contributed by atoms with Gasteiger partial charge in [0.15, 0.2) is 5.96 Å². The van der Waals surface area contributed by atoms with Gasteiger partial charge in [-0.3, -0.25) is 4.99 Å². The Morgan fingerprint density at radius 3 is 2.58 bits per heavy atom. The fourth-order valence-electron chi connectivity index (χ4n) is 1.95. The number of guanidine groups is 1. The Labute approximate surface area is 181 Å². The normalized spacial score (nSPS) is 11.8. The number of benzene rings is 1. The lowest BCUT2D eigenvalue weighted by atomic mass is 10.2. The maximum Gasteiger partial charge on any atom is 0.228 e. The molecule has 0 saturated carbocycles. The first-order valence-corrected chi connectivity index (χ1v) is 9.62. The van der Waals surface area contributed by atoms with E-state index in [9.17, 15) is 0 Å². The van der Waals surface area contributed by atoms with E-state index in [1.54, 1.807) is 19.2 Å². The van der Waals surface area contributed by atoms with Crippen LogP contribution in [0.4, 0.5) is 0 Å². The Kier molecular flexibility index (Phi) is 9.73. The SMILES string of the molecule is CN=C(NCCc1nc(-c2ccc(Cl)cc2)no1)NCC(C)(C)SC.I. The molecule has 0 fully saturated rings.